The van der Waals surface area contributed by atoms with E-state index in [0.717, 1.165) is 38.5 Å². The van der Waals surface area contributed by atoms with Crippen molar-refractivity contribution in [3.63, 3.8) is 0 Å². The summed E-state index contributed by atoms with van der Waals surface area (Å²) in [5.74, 6) is -0.0515. The predicted molar refractivity (Wildman–Crippen MR) is 347 cm³/mol. The van der Waals surface area contributed by atoms with Gasteiger partial charge in [-0.2, -0.15) is 0 Å². The fourth-order valence-electron chi connectivity index (χ4n) is 11.5. The molecular weight excluding hydrogens is 971 g/mol. The van der Waals surface area contributed by atoms with Crippen LogP contribution in [0.3, 0.4) is 0 Å². The summed E-state index contributed by atoms with van der Waals surface area (Å²) in [6, 6.07) is -0.632. The summed E-state index contributed by atoms with van der Waals surface area (Å²) in [6.07, 6.45) is 86.9. The van der Waals surface area contributed by atoms with E-state index in [2.05, 4.69) is 31.3 Å². The van der Waals surface area contributed by atoms with E-state index in [4.69, 9.17) is 4.74 Å². The second kappa shape index (κ2) is 68.8. The van der Waals surface area contributed by atoms with Gasteiger partial charge in [0.05, 0.1) is 25.4 Å². The van der Waals surface area contributed by atoms with E-state index >= 15 is 0 Å². The van der Waals surface area contributed by atoms with Crippen molar-refractivity contribution in [2.24, 2.45) is 0 Å². The molecule has 0 aliphatic rings. The zero-order valence-electron chi connectivity index (χ0n) is 53.6. The minimum Gasteiger partial charge on any atom is -0.466 e. The average Bonchev–Trinajstić information content (AvgIpc) is 3.45. The number of nitrogens with one attached hydrogen (secondary N) is 1. The highest BCUT2D eigenvalue weighted by atomic mass is 16.5. The summed E-state index contributed by atoms with van der Waals surface area (Å²) in [5, 5.41) is 23.2. The SMILES string of the molecule is CCCCCCCCCCCCCCCCCCCCC/C=C/C(O)C(CO)NC(=O)CCCCCCCCCC/C=C\CCCCCCCCCCCCCCOC(=O)CCCCCCCCCCCCCCCCCCC. The van der Waals surface area contributed by atoms with E-state index in [-0.39, 0.29) is 18.5 Å². The van der Waals surface area contributed by atoms with Gasteiger partial charge in [0.15, 0.2) is 0 Å². The van der Waals surface area contributed by atoms with Gasteiger partial charge in [-0.1, -0.05) is 359 Å². The zero-order chi connectivity index (χ0) is 57.1. The number of allylic oxidation sites excluding steroid dienone is 3. The lowest BCUT2D eigenvalue weighted by Crippen LogP contribution is -2.45. The number of amides is 1. The number of esters is 1. The van der Waals surface area contributed by atoms with E-state index in [9.17, 15) is 19.8 Å². The molecule has 0 saturated carbocycles. The van der Waals surface area contributed by atoms with E-state index in [1.54, 1.807) is 6.08 Å². The fourth-order valence-corrected chi connectivity index (χ4v) is 11.5. The summed E-state index contributed by atoms with van der Waals surface area (Å²) in [4.78, 5) is 24.6. The maximum atomic E-state index is 12.5. The second-order valence-electron chi connectivity index (χ2n) is 24.9. The number of hydrogen-bond acceptors (Lipinski definition) is 5. The number of aliphatic hydroxyl groups excluding tert-OH is 2. The van der Waals surface area contributed by atoms with Gasteiger partial charge in [0, 0.05) is 12.8 Å². The molecule has 0 saturated heterocycles. The Bertz CT molecular complexity index is 1230. The first-order chi connectivity index (χ1) is 39.0. The normalized spacial score (nSPS) is 12.6. The van der Waals surface area contributed by atoms with Crippen LogP contribution in [0, 0.1) is 0 Å². The van der Waals surface area contributed by atoms with Crippen LogP contribution in [-0.2, 0) is 14.3 Å². The molecule has 468 valence electrons. The number of rotatable bonds is 68. The molecule has 0 aromatic carbocycles. The molecule has 0 aliphatic carbocycles. The first-order valence-electron chi connectivity index (χ1n) is 36.1. The Kier molecular flexibility index (Phi) is 67.4. The Labute approximate surface area is 494 Å². The maximum absolute atomic E-state index is 12.5. The third-order valence-electron chi connectivity index (χ3n) is 17.0. The topological polar surface area (TPSA) is 95.9 Å². The van der Waals surface area contributed by atoms with E-state index in [1.807, 2.05) is 6.08 Å². The molecule has 0 aromatic heterocycles. The summed E-state index contributed by atoms with van der Waals surface area (Å²) in [7, 11) is 0. The van der Waals surface area contributed by atoms with Crippen molar-refractivity contribution in [3.8, 4) is 0 Å². The van der Waals surface area contributed by atoms with Crippen LogP contribution in [0.1, 0.15) is 406 Å². The largest absolute Gasteiger partial charge is 0.466 e. The Balaban J connectivity index is 3.41. The molecule has 0 aliphatic heterocycles. The second-order valence-corrected chi connectivity index (χ2v) is 24.9. The van der Waals surface area contributed by atoms with Crippen LogP contribution in [0.15, 0.2) is 24.3 Å². The molecule has 2 atom stereocenters. The standard InChI is InChI=1S/C73H141NO5/c1-3-5-7-9-11-13-15-17-19-21-22-27-30-34-37-41-45-49-53-57-61-65-71(76)70(69-75)74-72(77)66-62-58-54-50-46-42-38-35-31-28-25-23-24-26-29-32-36-40-44-48-52-56-60-64-68-79-73(78)67-63-59-55-51-47-43-39-33-20-18-16-14-12-10-8-6-4-2/h25,28,61,65,70-71,75-76H,3-24,26-27,29-60,62-64,66-69H2,1-2H3,(H,74,77)/b28-25-,65-61+. The smallest absolute Gasteiger partial charge is 0.305 e. The molecule has 1 amide bonds. The summed E-state index contributed by atoms with van der Waals surface area (Å²) < 4.78 is 5.51. The first-order valence-corrected chi connectivity index (χ1v) is 36.1. The third kappa shape index (κ3) is 65.4. The number of hydrogen-bond donors (Lipinski definition) is 3. The van der Waals surface area contributed by atoms with Crippen LogP contribution in [-0.4, -0.2) is 47.4 Å². The van der Waals surface area contributed by atoms with Crippen molar-refractivity contribution in [1.29, 1.82) is 0 Å². The number of unbranched alkanes of at least 4 members (excludes halogenated alkanes) is 55. The molecule has 79 heavy (non-hydrogen) atoms. The third-order valence-corrected chi connectivity index (χ3v) is 17.0. The van der Waals surface area contributed by atoms with Crippen molar-refractivity contribution >= 4 is 11.9 Å². The number of carbonyl (C=O) groups excluding carboxylic acids is 2. The van der Waals surface area contributed by atoms with E-state index in [1.165, 1.54) is 340 Å². The quantitative estimate of drug-likeness (QED) is 0.0320. The van der Waals surface area contributed by atoms with Crippen LogP contribution in [0.2, 0.25) is 0 Å². The Morgan fingerprint density at radius 1 is 0.342 bits per heavy atom. The van der Waals surface area contributed by atoms with Crippen molar-refractivity contribution < 1.29 is 24.5 Å². The lowest BCUT2D eigenvalue weighted by Gasteiger charge is -2.20. The van der Waals surface area contributed by atoms with Crippen LogP contribution in [0.5, 0.6) is 0 Å². The van der Waals surface area contributed by atoms with Crippen LogP contribution >= 0.6 is 0 Å². The minimum atomic E-state index is -0.848. The van der Waals surface area contributed by atoms with Gasteiger partial charge in [0.25, 0.3) is 0 Å². The number of ether oxygens (including phenoxy) is 1. The van der Waals surface area contributed by atoms with Gasteiger partial charge in [-0.3, -0.25) is 9.59 Å². The Morgan fingerprint density at radius 2 is 0.595 bits per heavy atom. The van der Waals surface area contributed by atoms with E-state index < -0.39 is 12.1 Å². The van der Waals surface area contributed by atoms with Crippen LogP contribution in [0.25, 0.3) is 0 Å². The number of aliphatic hydroxyl groups is 2. The summed E-state index contributed by atoms with van der Waals surface area (Å²) >= 11 is 0. The lowest BCUT2D eigenvalue weighted by atomic mass is 10.0. The molecule has 0 spiro atoms. The highest BCUT2D eigenvalue weighted by Gasteiger charge is 2.18. The Morgan fingerprint density at radius 3 is 0.899 bits per heavy atom. The van der Waals surface area contributed by atoms with Crippen molar-refractivity contribution in [2.45, 2.75) is 418 Å². The highest BCUT2D eigenvalue weighted by molar-refractivity contribution is 5.76. The van der Waals surface area contributed by atoms with Gasteiger partial charge >= 0.3 is 5.97 Å². The highest BCUT2D eigenvalue weighted by Crippen LogP contribution is 2.19. The summed E-state index contributed by atoms with van der Waals surface area (Å²) in [5.41, 5.74) is 0. The maximum Gasteiger partial charge on any atom is 0.305 e. The molecule has 0 bridgehead atoms. The van der Waals surface area contributed by atoms with Crippen LogP contribution < -0.4 is 5.32 Å². The van der Waals surface area contributed by atoms with Gasteiger partial charge in [-0.15, -0.1) is 0 Å². The van der Waals surface area contributed by atoms with Gasteiger partial charge in [0.2, 0.25) is 5.91 Å². The average molecular weight is 1110 g/mol. The van der Waals surface area contributed by atoms with E-state index in [0.29, 0.717) is 19.4 Å². The fraction of sp³-hybridized carbons (Fsp3) is 0.918. The van der Waals surface area contributed by atoms with Crippen molar-refractivity contribution in [1.82, 2.24) is 5.32 Å². The predicted octanol–water partition coefficient (Wildman–Crippen LogP) is 23.3. The van der Waals surface area contributed by atoms with Gasteiger partial charge in [0.1, 0.15) is 0 Å². The molecule has 0 fully saturated rings. The minimum absolute atomic E-state index is 0.0169. The summed E-state index contributed by atoms with van der Waals surface area (Å²) in [6.45, 7) is 4.95. The Hall–Kier alpha value is -1.66. The van der Waals surface area contributed by atoms with Gasteiger partial charge in [-0.05, 0) is 57.8 Å². The number of carbonyl (C=O) groups is 2. The molecule has 6 heteroatoms. The van der Waals surface area contributed by atoms with Crippen molar-refractivity contribution in [3.05, 3.63) is 24.3 Å². The van der Waals surface area contributed by atoms with Crippen molar-refractivity contribution in [2.75, 3.05) is 13.2 Å². The van der Waals surface area contributed by atoms with Gasteiger partial charge < -0.3 is 20.3 Å². The molecule has 3 N–H and O–H groups in total. The zero-order valence-corrected chi connectivity index (χ0v) is 53.6. The molecule has 0 aromatic rings. The molecule has 6 nitrogen and oxygen atoms in total. The molecule has 0 heterocycles. The molecule has 2 unspecified atom stereocenters. The lowest BCUT2D eigenvalue weighted by molar-refractivity contribution is -0.143. The monoisotopic (exact) mass is 1110 g/mol. The molecular formula is C73H141NO5. The van der Waals surface area contributed by atoms with Gasteiger partial charge in [-0.25, -0.2) is 0 Å². The first kappa shape index (κ1) is 77.3. The molecule has 0 radical (unpaired) electrons. The molecule has 0 rings (SSSR count). The van der Waals surface area contributed by atoms with Crippen LogP contribution in [0.4, 0.5) is 0 Å².